The van der Waals surface area contributed by atoms with Crippen LogP contribution in [0.5, 0.6) is 0 Å². The van der Waals surface area contributed by atoms with Gasteiger partial charge in [-0.2, -0.15) is 0 Å². The Hall–Kier alpha value is -2.26. The lowest BCUT2D eigenvalue weighted by atomic mass is 9.79. The van der Waals surface area contributed by atoms with Crippen molar-refractivity contribution in [3.05, 3.63) is 29.8 Å². The number of nitrogens with one attached hydrogen (secondary N) is 1. The molecule has 0 spiro atoms. The number of benzene rings is 1. The molecule has 2 N–H and O–H groups in total. The van der Waals surface area contributed by atoms with Gasteiger partial charge in [0.05, 0.1) is 26.9 Å². The molecule has 0 saturated heterocycles. The van der Waals surface area contributed by atoms with Crippen molar-refractivity contribution in [1.29, 1.82) is 0 Å². The first-order valence-electron chi connectivity index (χ1n) is 7.95. The van der Waals surface area contributed by atoms with E-state index in [0.717, 1.165) is 23.2 Å². The number of hydrogen-bond acceptors (Lipinski definition) is 6. The van der Waals surface area contributed by atoms with Crippen LogP contribution in [0.3, 0.4) is 0 Å². The molecule has 26 heavy (non-hydrogen) atoms. The highest BCUT2D eigenvalue weighted by Crippen LogP contribution is 2.33. The standard InChI is InChI=1S/C17H18N2O5S2/c1-9-3-5-11(16(21)22)12(7-9)15(20)19-17-18-13-6-4-10(26(2,23)24)8-14(13)25-17/h3-4,6,8,11-12H,5,7H2,1-2H3,(H,21,22)(H,18,19,20)/t11-,12-/m1/s1. The van der Waals surface area contributed by atoms with E-state index in [-0.39, 0.29) is 10.8 Å². The number of rotatable bonds is 4. The summed E-state index contributed by atoms with van der Waals surface area (Å²) in [6, 6.07) is 4.58. The summed E-state index contributed by atoms with van der Waals surface area (Å²) in [5, 5.41) is 12.4. The number of carboxylic acids is 1. The van der Waals surface area contributed by atoms with E-state index in [2.05, 4.69) is 10.3 Å². The predicted octanol–water partition coefficient (Wildman–Crippen LogP) is 2.70. The van der Waals surface area contributed by atoms with Gasteiger partial charge in [-0.3, -0.25) is 9.59 Å². The van der Waals surface area contributed by atoms with Gasteiger partial charge < -0.3 is 10.4 Å². The summed E-state index contributed by atoms with van der Waals surface area (Å²) >= 11 is 1.16. The fraction of sp³-hybridized carbons (Fsp3) is 0.353. The fourth-order valence-electron chi connectivity index (χ4n) is 3.00. The first-order valence-corrected chi connectivity index (χ1v) is 10.7. The van der Waals surface area contributed by atoms with Crippen LogP contribution in [0.4, 0.5) is 5.13 Å². The Bertz CT molecular complexity index is 1020. The molecule has 0 radical (unpaired) electrons. The summed E-state index contributed by atoms with van der Waals surface area (Å²) in [6.45, 7) is 1.88. The lowest BCUT2D eigenvalue weighted by molar-refractivity contribution is -0.146. The van der Waals surface area contributed by atoms with Crippen LogP contribution in [0.1, 0.15) is 19.8 Å². The van der Waals surface area contributed by atoms with E-state index in [4.69, 9.17) is 0 Å². The van der Waals surface area contributed by atoms with Gasteiger partial charge in [0.15, 0.2) is 15.0 Å². The van der Waals surface area contributed by atoms with Crippen LogP contribution in [-0.2, 0) is 19.4 Å². The Kier molecular flexibility index (Phi) is 4.85. The third kappa shape index (κ3) is 3.78. The number of sulfone groups is 1. The molecular weight excluding hydrogens is 376 g/mol. The number of aliphatic carboxylic acids is 1. The Morgan fingerprint density at radius 2 is 2.04 bits per heavy atom. The Balaban J connectivity index is 1.85. The van der Waals surface area contributed by atoms with E-state index in [1.807, 2.05) is 13.0 Å². The van der Waals surface area contributed by atoms with Gasteiger partial charge in [0.1, 0.15) is 0 Å². The van der Waals surface area contributed by atoms with Gasteiger partial charge in [-0.1, -0.05) is 23.0 Å². The smallest absolute Gasteiger partial charge is 0.307 e. The monoisotopic (exact) mass is 394 g/mol. The number of allylic oxidation sites excluding steroid dienone is 2. The van der Waals surface area contributed by atoms with Crippen LogP contribution < -0.4 is 5.32 Å². The van der Waals surface area contributed by atoms with Crippen LogP contribution >= 0.6 is 11.3 Å². The molecule has 2 aromatic rings. The van der Waals surface area contributed by atoms with E-state index < -0.39 is 27.6 Å². The van der Waals surface area contributed by atoms with Gasteiger partial charge in [0.2, 0.25) is 5.91 Å². The average Bonchev–Trinajstić information content (AvgIpc) is 2.94. The van der Waals surface area contributed by atoms with E-state index in [0.29, 0.717) is 28.2 Å². The van der Waals surface area contributed by atoms with Gasteiger partial charge in [0, 0.05) is 6.26 Å². The molecule has 0 saturated carbocycles. The zero-order chi connectivity index (χ0) is 19.1. The van der Waals surface area contributed by atoms with E-state index in [1.54, 1.807) is 6.07 Å². The summed E-state index contributed by atoms with van der Waals surface area (Å²) < 4.78 is 23.9. The van der Waals surface area contributed by atoms with Gasteiger partial charge >= 0.3 is 5.97 Å². The second-order valence-corrected chi connectivity index (χ2v) is 9.50. The molecule has 0 bridgehead atoms. The molecule has 3 rings (SSSR count). The summed E-state index contributed by atoms with van der Waals surface area (Å²) in [5.74, 6) is -2.79. The van der Waals surface area contributed by atoms with Crippen molar-refractivity contribution in [2.24, 2.45) is 11.8 Å². The van der Waals surface area contributed by atoms with Crippen molar-refractivity contribution >= 4 is 48.4 Å². The minimum atomic E-state index is -3.33. The van der Waals surface area contributed by atoms with E-state index >= 15 is 0 Å². The van der Waals surface area contributed by atoms with Gasteiger partial charge in [-0.25, -0.2) is 13.4 Å². The molecule has 1 aliphatic rings. The number of carboxylic acid groups (broad SMARTS) is 1. The fourth-order valence-corrected chi connectivity index (χ4v) is 4.63. The predicted molar refractivity (Wildman–Crippen MR) is 99.0 cm³/mol. The van der Waals surface area contributed by atoms with Crippen LogP contribution in [-0.4, -0.2) is 36.6 Å². The van der Waals surface area contributed by atoms with Crippen molar-refractivity contribution < 1.29 is 23.1 Å². The molecule has 1 aliphatic carbocycles. The molecule has 138 valence electrons. The Labute approximate surface area is 154 Å². The third-order valence-electron chi connectivity index (χ3n) is 4.42. The van der Waals surface area contributed by atoms with Crippen LogP contribution in [0.15, 0.2) is 34.7 Å². The molecule has 7 nitrogen and oxygen atoms in total. The van der Waals surface area contributed by atoms with Crippen molar-refractivity contribution in [3.63, 3.8) is 0 Å². The van der Waals surface area contributed by atoms with Gasteiger partial charge in [-0.05, 0) is 38.0 Å². The van der Waals surface area contributed by atoms with Gasteiger partial charge in [-0.15, -0.1) is 0 Å². The summed E-state index contributed by atoms with van der Waals surface area (Å²) in [4.78, 5) is 28.5. The number of nitrogens with zero attached hydrogens (tertiary/aromatic N) is 1. The van der Waals surface area contributed by atoms with E-state index in [9.17, 15) is 23.1 Å². The van der Waals surface area contributed by atoms with Crippen LogP contribution in [0.25, 0.3) is 10.2 Å². The first kappa shape index (κ1) is 18.5. The maximum atomic E-state index is 12.6. The molecule has 0 unspecified atom stereocenters. The van der Waals surface area contributed by atoms with Gasteiger partial charge in [0.25, 0.3) is 0 Å². The van der Waals surface area contributed by atoms with Crippen LogP contribution in [0.2, 0.25) is 0 Å². The molecule has 1 aromatic carbocycles. The normalized spacial score (nSPS) is 20.6. The Morgan fingerprint density at radius 1 is 1.31 bits per heavy atom. The molecule has 2 atom stereocenters. The number of aromatic nitrogens is 1. The lowest BCUT2D eigenvalue weighted by Gasteiger charge is -2.26. The summed E-state index contributed by atoms with van der Waals surface area (Å²) in [7, 11) is -3.33. The molecule has 1 amide bonds. The van der Waals surface area contributed by atoms with E-state index in [1.165, 1.54) is 12.1 Å². The van der Waals surface area contributed by atoms with Crippen molar-refractivity contribution in [2.75, 3.05) is 11.6 Å². The maximum absolute atomic E-state index is 12.6. The number of thiazole rings is 1. The first-order chi connectivity index (χ1) is 12.1. The minimum absolute atomic E-state index is 0.186. The Morgan fingerprint density at radius 3 is 2.69 bits per heavy atom. The van der Waals surface area contributed by atoms with Crippen molar-refractivity contribution in [1.82, 2.24) is 4.98 Å². The third-order valence-corrected chi connectivity index (χ3v) is 6.46. The number of carbonyl (C=O) groups is 2. The molecule has 9 heteroatoms. The highest BCUT2D eigenvalue weighted by molar-refractivity contribution is 7.90. The molecule has 1 aromatic heterocycles. The minimum Gasteiger partial charge on any atom is -0.481 e. The lowest BCUT2D eigenvalue weighted by Crippen LogP contribution is -2.35. The number of anilines is 1. The van der Waals surface area contributed by atoms with Crippen molar-refractivity contribution in [3.8, 4) is 0 Å². The number of hydrogen-bond donors (Lipinski definition) is 2. The second-order valence-electron chi connectivity index (χ2n) is 6.45. The second kappa shape index (κ2) is 6.81. The maximum Gasteiger partial charge on any atom is 0.307 e. The number of fused-ring (bicyclic) bond motifs is 1. The topological polar surface area (TPSA) is 113 Å². The highest BCUT2D eigenvalue weighted by Gasteiger charge is 2.35. The molecule has 0 aliphatic heterocycles. The number of amides is 1. The summed E-state index contributed by atoms with van der Waals surface area (Å²) in [6.07, 6.45) is 3.71. The largest absolute Gasteiger partial charge is 0.481 e. The molecule has 0 fully saturated rings. The molecule has 1 heterocycles. The summed E-state index contributed by atoms with van der Waals surface area (Å²) in [5.41, 5.74) is 1.57. The number of carbonyl (C=O) groups excluding carboxylic acids is 1. The highest BCUT2D eigenvalue weighted by atomic mass is 32.2. The van der Waals surface area contributed by atoms with Crippen LogP contribution in [0, 0.1) is 11.8 Å². The SMILES string of the molecule is CC1=CC[C@@H](C(=O)O)[C@H](C(=O)Nc2nc3ccc(S(C)(=O)=O)cc3s2)C1. The molecular formula is C17H18N2O5S2. The quantitative estimate of drug-likeness (QED) is 0.771. The average molecular weight is 394 g/mol. The zero-order valence-corrected chi connectivity index (χ0v) is 15.9. The zero-order valence-electron chi connectivity index (χ0n) is 14.2. The van der Waals surface area contributed by atoms with Crippen molar-refractivity contribution in [2.45, 2.75) is 24.7 Å².